The molecule has 2 fully saturated rings. The molecule has 11 nitrogen and oxygen atoms in total. The summed E-state index contributed by atoms with van der Waals surface area (Å²) in [4.78, 5) is 28.3. The minimum atomic E-state index is -3.68. The van der Waals surface area contributed by atoms with Crippen molar-refractivity contribution in [2.75, 3.05) is 17.5 Å². The van der Waals surface area contributed by atoms with Gasteiger partial charge in [0.2, 0.25) is 21.8 Å². The van der Waals surface area contributed by atoms with Gasteiger partial charge in [-0.3, -0.25) is 14.3 Å². The Morgan fingerprint density at radius 3 is 2.59 bits per heavy atom. The molecule has 0 spiro atoms. The number of amides is 2. The molecular weight excluding hydrogens is 503 g/mol. The number of aliphatic hydroxyl groups excluding tert-OH is 1. The van der Waals surface area contributed by atoms with Crippen molar-refractivity contribution >= 4 is 27.5 Å². The average molecular weight is 537 g/mol. The zero-order chi connectivity index (χ0) is 27.1. The highest BCUT2D eigenvalue weighted by Gasteiger charge is 2.45. The number of hydrogen-bond acceptors (Lipinski definition) is 7. The number of benzene rings is 1. The first-order chi connectivity index (χ1) is 17.2. The quantitative estimate of drug-likeness (QED) is 0.464. The number of nitrogens with zero attached hydrogens (tertiary/aromatic N) is 4. The van der Waals surface area contributed by atoms with Crippen molar-refractivity contribution in [2.24, 2.45) is 5.41 Å². The van der Waals surface area contributed by atoms with E-state index in [4.69, 9.17) is 0 Å². The monoisotopic (exact) mass is 536 g/mol. The second kappa shape index (κ2) is 10.0. The van der Waals surface area contributed by atoms with Crippen molar-refractivity contribution < 1.29 is 27.5 Å². The van der Waals surface area contributed by atoms with E-state index >= 15 is 0 Å². The molecule has 13 heteroatoms. The number of halogens is 1. The van der Waals surface area contributed by atoms with Gasteiger partial charge in [0.05, 0.1) is 23.7 Å². The molecule has 1 saturated carbocycles. The fraction of sp³-hybridized carbons (Fsp3) is 0.583. The molecule has 1 aliphatic carbocycles. The number of rotatable bonds is 8. The summed E-state index contributed by atoms with van der Waals surface area (Å²) in [5.41, 5.74) is 0.230. The molecule has 3 N–H and O–H groups in total. The van der Waals surface area contributed by atoms with Crippen LogP contribution < -0.4 is 10.0 Å². The van der Waals surface area contributed by atoms with E-state index in [9.17, 15) is 27.5 Å². The van der Waals surface area contributed by atoms with Crippen LogP contribution in [0.5, 0.6) is 0 Å². The SMILES string of the molecule is CC(C)(C)[C@@H](C(=O)N1C[C@H](O)C[C@H]1C(=O)NCc1c(F)cccc1NS(C)(=O)=O)n1cc(C2CC2)nn1. The summed E-state index contributed by atoms with van der Waals surface area (Å²) in [7, 11) is -3.68. The summed E-state index contributed by atoms with van der Waals surface area (Å²) in [6, 6.07) is 2.16. The number of carbonyl (C=O) groups is 2. The predicted molar refractivity (Wildman–Crippen MR) is 133 cm³/mol. The molecule has 0 unspecified atom stereocenters. The van der Waals surface area contributed by atoms with E-state index in [2.05, 4.69) is 20.4 Å². The molecule has 0 bridgehead atoms. The standard InChI is InChI=1S/C24H33FN6O5S/c1-24(2,3)21(31-13-19(27-29-31)14-8-9-14)23(34)30-12-15(32)10-20(30)22(33)26-11-16-17(25)6-5-7-18(16)28-37(4,35)36/h5-7,13-15,20-21,28,32H,8-12H2,1-4H3,(H,26,33)/t15-,20+,21-/m1/s1. The second-order valence-electron chi connectivity index (χ2n) is 10.9. The van der Waals surface area contributed by atoms with Gasteiger partial charge in [-0.15, -0.1) is 5.10 Å². The number of likely N-dealkylation sites (tertiary alicyclic amines) is 1. The van der Waals surface area contributed by atoms with Crippen molar-refractivity contribution in [2.45, 2.75) is 70.7 Å². The first-order valence-corrected chi connectivity index (χ1v) is 14.1. The van der Waals surface area contributed by atoms with Crippen LogP contribution in [-0.2, 0) is 26.2 Å². The molecule has 2 heterocycles. The van der Waals surface area contributed by atoms with Crippen LogP contribution >= 0.6 is 0 Å². The Hall–Kier alpha value is -3.06. The molecule has 2 aromatic rings. The lowest BCUT2D eigenvalue weighted by Crippen LogP contribution is -2.50. The van der Waals surface area contributed by atoms with E-state index in [1.165, 1.54) is 21.7 Å². The normalized spacial score (nSPS) is 21.1. The highest BCUT2D eigenvalue weighted by atomic mass is 32.2. The Labute approximate surface area is 215 Å². The Kier molecular flexibility index (Phi) is 7.30. The van der Waals surface area contributed by atoms with Gasteiger partial charge in [0.25, 0.3) is 0 Å². The lowest BCUT2D eigenvalue weighted by atomic mass is 9.85. The van der Waals surface area contributed by atoms with Crippen molar-refractivity contribution in [1.82, 2.24) is 25.2 Å². The van der Waals surface area contributed by atoms with Gasteiger partial charge in [0.15, 0.2) is 0 Å². The van der Waals surface area contributed by atoms with Gasteiger partial charge in [0.1, 0.15) is 17.9 Å². The fourth-order valence-corrected chi connectivity index (χ4v) is 5.24. The molecule has 2 amide bonds. The molecule has 0 radical (unpaired) electrons. The lowest BCUT2D eigenvalue weighted by Gasteiger charge is -2.34. The topological polar surface area (TPSA) is 147 Å². The van der Waals surface area contributed by atoms with Crippen molar-refractivity contribution in [3.63, 3.8) is 0 Å². The third-order valence-corrected chi connectivity index (χ3v) is 7.15. The number of hydrogen-bond donors (Lipinski definition) is 3. The van der Waals surface area contributed by atoms with Crippen LogP contribution in [0.3, 0.4) is 0 Å². The molecule has 3 atom stereocenters. The van der Waals surface area contributed by atoms with E-state index in [1.54, 1.807) is 6.20 Å². The molecule has 1 aromatic heterocycles. The van der Waals surface area contributed by atoms with E-state index < -0.39 is 45.4 Å². The number of anilines is 1. The highest BCUT2D eigenvalue weighted by molar-refractivity contribution is 7.92. The number of sulfonamides is 1. The number of β-amino-alcohol motifs (C(OH)–C–C–N with tert-alkyl or cyclic N) is 1. The summed E-state index contributed by atoms with van der Waals surface area (Å²) < 4.78 is 41.6. The van der Waals surface area contributed by atoms with E-state index in [1.807, 2.05) is 20.8 Å². The summed E-state index contributed by atoms with van der Waals surface area (Å²) in [5.74, 6) is -1.29. The molecule has 202 valence electrons. The first kappa shape index (κ1) is 27.0. The van der Waals surface area contributed by atoms with Crippen LogP contribution in [0.25, 0.3) is 0 Å². The Balaban J connectivity index is 1.53. The fourth-order valence-electron chi connectivity index (χ4n) is 4.65. The van der Waals surface area contributed by atoms with Gasteiger partial charge in [0, 0.05) is 37.2 Å². The number of nitrogens with one attached hydrogen (secondary N) is 2. The molecule has 37 heavy (non-hydrogen) atoms. The minimum Gasteiger partial charge on any atom is -0.391 e. The maximum absolute atomic E-state index is 14.5. The van der Waals surface area contributed by atoms with Gasteiger partial charge >= 0.3 is 0 Å². The number of carbonyl (C=O) groups excluding carboxylic acids is 2. The number of aliphatic hydroxyl groups is 1. The molecular formula is C24H33FN6O5S. The maximum Gasteiger partial charge on any atom is 0.248 e. The smallest absolute Gasteiger partial charge is 0.248 e. The van der Waals surface area contributed by atoms with Crippen LogP contribution in [0.2, 0.25) is 0 Å². The Morgan fingerprint density at radius 2 is 1.97 bits per heavy atom. The van der Waals surface area contributed by atoms with Crippen LogP contribution in [0.15, 0.2) is 24.4 Å². The van der Waals surface area contributed by atoms with E-state index in [0.717, 1.165) is 30.9 Å². The maximum atomic E-state index is 14.5. The predicted octanol–water partition coefficient (Wildman–Crippen LogP) is 1.53. The largest absolute Gasteiger partial charge is 0.391 e. The Morgan fingerprint density at radius 1 is 1.27 bits per heavy atom. The van der Waals surface area contributed by atoms with Crippen LogP contribution in [0.1, 0.15) is 63.3 Å². The lowest BCUT2D eigenvalue weighted by molar-refractivity contribution is -0.144. The molecule has 1 saturated heterocycles. The molecule has 1 aromatic carbocycles. The zero-order valence-corrected chi connectivity index (χ0v) is 22.1. The Bertz CT molecular complexity index is 1290. The van der Waals surface area contributed by atoms with Gasteiger partial charge in [-0.05, 0) is 30.4 Å². The minimum absolute atomic E-state index is 0.00707. The third kappa shape index (κ3) is 6.27. The average Bonchev–Trinajstić information content (AvgIpc) is 3.38. The van der Waals surface area contributed by atoms with Crippen LogP contribution in [-0.4, -0.2) is 70.2 Å². The number of aromatic nitrogens is 3. The van der Waals surface area contributed by atoms with Crippen LogP contribution in [0.4, 0.5) is 10.1 Å². The van der Waals surface area contributed by atoms with Gasteiger partial charge in [-0.2, -0.15) is 0 Å². The summed E-state index contributed by atoms with van der Waals surface area (Å²) in [6.07, 6.45) is 3.91. The van der Waals surface area contributed by atoms with Crippen molar-refractivity contribution in [1.29, 1.82) is 0 Å². The summed E-state index contributed by atoms with van der Waals surface area (Å²) in [6.45, 7) is 5.33. The summed E-state index contributed by atoms with van der Waals surface area (Å²) in [5, 5.41) is 21.4. The van der Waals surface area contributed by atoms with Crippen molar-refractivity contribution in [3.8, 4) is 0 Å². The molecule has 4 rings (SSSR count). The zero-order valence-electron chi connectivity index (χ0n) is 21.3. The third-order valence-electron chi connectivity index (χ3n) is 6.56. The van der Waals surface area contributed by atoms with Gasteiger partial charge in [-0.25, -0.2) is 17.5 Å². The molecule has 1 aliphatic heterocycles. The van der Waals surface area contributed by atoms with E-state index in [-0.39, 0.29) is 36.7 Å². The molecule has 2 aliphatic rings. The van der Waals surface area contributed by atoms with Crippen LogP contribution in [0, 0.1) is 11.2 Å². The second-order valence-corrected chi connectivity index (χ2v) is 12.7. The van der Waals surface area contributed by atoms with E-state index in [0.29, 0.717) is 5.92 Å². The van der Waals surface area contributed by atoms with Gasteiger partial charge in [-0.1, -0.05) is 32.1 Å². The van der Waals surface area contributed by atoms with Gasteiger partial charge < -0.3 is 15.3 Å². The first-order valence-electron chi connectivity index (χ1n) is 12.2. The summed E-state index contributed by atoms with van der Waals surface area (Å²) >= 11 is 0. The highest BCUT2D eigenvalue weighted by Crippen LogP contribution is 2.40. The van der Waals surface area contributed by atoms with Crippen molar-refractivity contribution in [3.05, 3.63) is 41.5 Å².